The van der Waals surface area contributed by atoms with Gasteiger partial charge in [-0.3, -0.25) is 9.69 Å². The fourth-order valence-electron chi connectivity index (χ4n) is 4.99. The summed E-state index contributed by atoms with van der Waals surface area (Å²) in [6.07, 6.45) is 4.70. The number of carbonyl (C=O) groups excluding carboxylic acids is 1. The Morgan fingerprint density at radius 1 is 1.37 bits per heavy atom. The van der Waals surface area contributed by atoms with Crippen molar-refractivity contribution in [1.29, 1.82) is 0 Å². The molecule has 1 aliphatic carbocycles. The molecule has 3 fully saturated rings. The van der Waals surface area contributed by atoms with Crippen molar-refractivity contribution in [2.24, 2.45) is 5.92 Å². The Kier molecular flexibility index (Phi) is 4.36. The normalized spacial score (nSPS) is 30.4. The maximum Gasteiger partial charge on any atom is 0.220 e. The fraction of sp³-hybridized carbons (Fsp3) is 0.600. The van der Waals surface area contributed by atoms with Gasteiger partial charge in [0.15, 0.2) is 0 Å². The van der Waals surface area contributed by atoms with Crippen LogP contribution in [0.25, 0.3) is 11.0 Å². The number of H-pyrrole nitrogens is 1. The van der Waals surface area contributed by atoms with Crippen LogP contribution in [0.1, 0.15) is 31.5 Å². The van der Waals surface area contributed by atoms with Crippen LogP contribution in [0.15, 0.2) is 18.2 Å². The van der Waals surface area contributed by atoms with E-state index in [2.05, 4.69) is 20.2 Å². The highest BCUT2D eigenvalue weighted by molar-refractivity contribution is 5.77. The SMILES string of the molecule is O=C(CCc1nc2ccc(F)cc2[nH]1)N[C@H]1[C@H]2CCO[C@H]2[C@@H]1N1CCCC1. The molecule has 7 heteroatoms. The number of likely N-dealkylation sites (tertiary alicyclic amines) is 1. The quantitative estimate of drug-likeness (QED) is 0.842. The number of ether oxygens (including phenoxy) is 1. The number of benzene rings is 1. The van der Waals surface area contributed by atoms with Crippen LogP contribution in [0.4, 0.5) is 4.39 Å². The minimum absolute atomic E-state index is 0.0567. The highest BCUT2D eigenvalue weighted by Gasteiger charge is 2.56. The number of hydrogen-bond donors (Lipinski definition) is 2. The molecule has 0 unspecified atom stereocenters. The minimum Gasteiger partial charge on any atom is -0.376 e. The van der Waals surface area contributed by atoms with Gasteiger partial charge in [-0.1, -0.05) is 0 Å². The van der Waals surface area contributed by atoms with Gasteiger partial charge in [-0.05, 0) is 50.6 Å². The van der Waals surface area contributed by atoms with E-state index in [9.17, 15) is 9.18 Å². The number of nitrogens with zero attached hydrogens (tertiary/aromatic N) is 2. The van der Waals surface area contributed by atoms with Crippen LogP contribution >= 0.6 is 0 Å². The standard InChI is InChI=1S/C20H25FN4O2/c21-12-3-4-14-15(11-12)23-16(22-14)5-6-17(26)24-18-13-7-10-27-20(13)19(18)25-8-1-2-9-25/h3-4,11,13,18-20H,1-2,5-10H2,(H,22,23)(H,24,26)/t13-,18+,19-,20-/m1/s1. The van der Waals surface area contributed by atoms with E-state index in [0.717, 1.165) is 37.5 Å². The van der Waals surface area contributed by atoms with Gasteiger partial charge in [0.2, 0.25) is 5.91 Å². The Morgan fingerprint density at radius 3 is 3.07 bits per heavy atom. The van der Waals surface area contributed by atoms with Crippen LogP contribution in [-0.4, -0.2) is 58.7 Å². The van der Waals surface area contributed by atoms with Crippen molar-refractivity contribution in [3.8, 4) is 0 Å². The predicted molar refractivity (Wildman–Crippen MR) is 98.7 cm³/mol. The summed E-state index contributed by atoms with van der Waals surface area (Å²) in [5.41, 5.74) is 1.40. The van der Waals surface area contributed by atoms with Gasteiger partial charge in [-0.2, -0.15) is 0 Å². The van der Waals surface area contributed by atoms with E-state index in [1.165, 1.54) is 25.0 Å². The van der Waals surface area contributed by atoms with Gasteiger partial charge in [-0.25, -0.2) is 9.37 Å². The van der Waals surface area contributed by atoms with E-state index in [4.69, 9.17) is 4.74 Å². The summed E-state index contributed by atoms with van der Waals surface area (Å²) in [7, 11) is 0. The second-order valence-electron chi connectivity index (χ2n) is 7.96. The average Bonchev–Trinajstić information content (AvgIpc) is 3.38. The third-order valence-electron chi connectivity index (χ3n) is 6.32. The number of nitrogens with one attached hydrogen (secondary N) is 2. The molecule has 4 atom stereocenters. The van der Waals surface area contributed by atoms with Crippen molar-refractivity contribution < 1.29 is 13.9 Å². The zero-order valence-corrected chi connectivity index (χ0v) is 15.3. The van der Waals surface area contributed by atoms with Crippen LogP contribution < -0.4 is 5.32 Å². The Balaban J connectivity index is 1.20. The van der Waals surface area contributed by atoms with Gasteiger partial charge < -0.3 is 15.0 Å². The first-order valence-electron chi connectivity index (χ1n) is 9.98. The molecule has 0 bridgehead atoms. The summed E-state index contributed by atoms with van der Waals surface area (Å²) in [6, 6.07) is 5.02. The molecule has 3 aliphatic rings. The number of imidazole rings is 1. The Morgan fingerprint density at radius 2 is 2.22 bits per heavy atom. The van der Waals surface area contributed by atoms with E-state index in [1.54, 1.807) is 6.07 Å². The minimum atomic E-state index is -0.290. The van der Waals surface area contributed by atoms with Crippen LogP contribution in [0.5, 0.6) is 0 Å². The van der Waals surface area contributed by atoms with Crippen molar-refractivity contribution >= 4 is 16.9 Å². The summed E-state index contributed by atoms with van der Waals surface area (Å²) >= 11 is 0. The number of rotatable bonds is 5. The summed E-state index contributed by atoms with van der Waals surface area (Å²) in [6.45, 7) is 3.03. The molecule has 0 spiro atoms. The first-order valence-corrected chi connectivity index (χ1v) is 9.98. The number of hydrogen-bond acceptors (Lipinski definition) is 4. The molecule has 2 aliphatic heterocycles. The molecule has 6 nitrogen and oxygen atoms in total. The van der Waals surface area contributed by atoms with Crippen molar-refractivity contribution in [2.75, 3.05) is 19.7 Å². The lowest BCUT2D eigenvalue weighted by Crippen LogP contribution is -2.70. The van der Waals surface area contributed by atoms with Gasteiger partial charge in [0.1, 0.15) is 11.6 Å². The van der Waals surface area contributed by atoms with E-state index >= 15 is 0 Å². The predicted octanol–water partition coefficient (Wildman–Crippen LogP) is 2.00. The molecule has 3 heterocycles. The molecule has 27 heavy (non-hydrogen) atoms. The lowest BCUT2D eigenvalue weighted by Gasteiger charge is -2.51. The van der Waals surface area contributed by atoms with E-state index in [0.29, 0.717) is 36.4 Å². The van der Waals surface area contributed by atoms with Crippen molar-refractivity contribution in [2.45, 2.75) is 50.3 Å². The molecule has 1 aromatic heterocycles. The summed E-state index contributed by atoms with van der Waals surface area (Å²) < 4.78 is 19.2. The van der Waals surface area contributed by atoms with Gasteiger partial charge in [0, 0.05) is 25.4 Å². The molecule has 2 aromatic rings. The topological polar surface area (TPSA) is 70.2 Å². The molecule has 0 radical (unpaired) electrons. The summed E-state index contributed by atoms with van der Waals surface area (Å²) in [4.78, 5) is 22.6. The van der Waals surface area contributed by atoms with E-state index in [-0.39, 0.29) is 17.8 Å². The maximum absolute atomic E-state index is 13.3. The highest BCUT2D eigenvalue weighted by Crippen LogP contribution is 2.42. The number of aromatic amines is 1. The molecule has 2 saturated heterocycles. The average molecular weight is 372 g/mol. The van der Waals surface area contributed by atoms with Crippen LogP contribution in [-0.2, 0) is 16.0 Å². The van der Waals surface area contributed by atoms with Crippen LogP contribution in [0, 0.1) is 11.7 Å². The van der Waals surface area contributed by atoms with Gasteiger partial charge in [0.05, 0.1) is 29.2 Å². The smallest absolute Gasteiger partial charge is 0.220 e. The first kappa shape index (κ1) is 17.1. The second kappa shape index (κ2) is 6.87. The molecular weight excluding hydrogens is 347 g/mol. The van der Waals surface area contributed by atoms with Gasteiger partial charge in [-0.15, -0.1) is 0 Å². The summed E-state index contributed by atoms with van der Waals surface area (Å²) in [5, 5.41) is 3.27. The molecule has 5 rings (SSSR count). The Bertz CT molecular complexity index is 843. The zero-order valence-electron chi connectivity index (χ0n) is 15.3. The van der Waals surface area contributed by atoms with E-state index < -0.39 is 0 Å². The lowest BCUT2D eigenvalue weighted by molar-refractivity contribution is -0.128. The molecule has 1 saturated carbocycles. The number of amides is 1. The Labute approximate surface area is 157 Å². The third-order valence-corrected chi connectivity index (χ3v) is 6.32. The summed E-state index contributed by atoms with van der Waals surface area (Å²) in [5.74, 6) is 0.939. The number of aryl methyl sites for hydroxylation is 1. The molecule has 2 N–H and O–H groups in total. The zero-order chi connectivity index (χ0) is 18.4. The third kappa shape index (κ3) is 3.12. The van der Waals surface area contributed by atoms with Crippen LogP contribution in [0.3, 0.4) is 0 Å². The number of fused-ring (bicyclic) bond motifs is 2. The monoisotopic (exact) mass is 372 g/mol. The number of carbonyl (C=O) groups is 1. The van der Waals surface area contributed by atoms with E-state index in [1.807, 2.05) is 0 Å². The van der Waals surface area contributed by atoms with Gasteiger partial charge in [0.25, 0.3) is 0 Å². The second-order valence-corrected chi connectivity index (χ2v) is 7.96. The number of aromatic nitrogens is 2. The molecule has 1 amide bonds. The maximum atomic E-state index is 13.3. The number of halogens is 1. The van der Waals surface area contributed by atoms with Crippen LogP contribution in [0.2, 0.25) is 0 Å². The fourth-order valence-corrected chi connectivity index (χ4v) is 4.99. The molecule has 1 aromatic carbocycles. The van der Waals surface area contributed by atoms with Gasteiger partial charge >= 0.3 is 0 Å². The van der Waals surface area contributed by atoms with Crippen molar-refractivity contribution in [1.82, 2.24) is 20.2 Å². The Hall–Kier alpha value is -1.99. The largest absolute Gasteiger partial charge is 0.376 e. The molecular formula is C20H25FN4O2. The molecule has 144 valence electrons. The first-order chi connectivity index (χ1) is 13.2. The van der Waals surface area contributed by atoms with Crippen molar-refractivity contribution in [3.63, 3.8) is 0 Å². The lowest BCUT2D eigenvalue weighted by atomic mass is 9.70. The van der Waals surface area contributed by atoms with Crippen molar-refractivity contribution in [3.05, 3.63) is 29.8 Å². The highest BCUT2D eigenvalue weighted by atomic mass is 19.1.